The van der Waals surface area contributed by atoms with E-state index in [0.29, 0.717) is 12.5 Å². The third-order valence-electron chi connectivity index (χ3n) is 4.65. The van der Waals surface area contributed by atoms with Gasteiger partial charge in [-0.2, -0.15) is 0 Å². The van der Waals surface area contributed by atoms with Crippen LogP contribution in [0.4, 0.5) is 5.69 Å². The highest BCUT2D eigenvalue weighted by Gasteiger charge is 2.45. The summed E-state index contributed by atoms with van der Waals surface area (Å²) in [6.07, 6.45) is 1.61. The molecule has 0 saturated carbocycles. The summed E-state index contributed by atoms with van der Waals surface area (Å²) in [6.45, 7) is 0.179. The van der Waals surface area contributed by atoms with Crippen molar-refractivity contribution in [1.82, 2.24) is 10.2 Å². The number of halogens is 1. The maximum Gasteiger partial charge on any atom is 0.264 e. The highest BCUT2D eigenvalue weighted by atomic mass is 35.5. The van der Waals surface area contributed by atoms with Crippen LogP contribution in [0.1, 0.15) is 46.4 Å². The highest BCUT2D eigenvalue weighted by molar-refractivity contribution is 6.26. The predicted molar refractivity (Wildman–Crippen MR) is 103 cm³/mol. The summed E-state index contributed by atoms with van der Waals surface area (Å²) < 4.78 is 5.26. The molecule has 3 rings (SSSR count). The first kappa shape index (κ1) is 20.9. The number of hydrogen-bond donors (Lipinski definition) is 2. The normalized spacial score (nSPS) is 18.7. The Morgan fingerprint density at radius 2 is 2.00 bits per heavy atom. The zero-order chi connectivity index (χ0) is 21.0. The number of carbonyl (C=O) groups is 5. The standard InChI is InChI=1S/C19H20ClN3O6/c20-8-1-2-9-29-10-15(25)21-12-5-3-4-11-16(12)19(28)23(18(11)27)13-6-7-14(24)22-17(13)26/h3-5,13H,1-2,6-10H2,(H,21,25)(H,22,24,26). The number of benzene rings is 1. The zero-order valence-corrected chi connectivity index (χ0v) is 16.3. The summed E-state index contributed by atoms with van der Waals surface area (Å²) >= 11 is 5.57. The van der Waals surface area contributed by atoms with E-state index in [4.69, 9.17) is 16.3 Å². The third kappa shape index (κ3) is 4.46. The van der Waals surface area contributed by atoms with Gasteiger partial charge in [0.15, 0.2) is 0 Å². The molecule has 2 heterocycles. The number of hydrogen-bond acceptors (Lipinski definition) is 6. The van der Waals surface area contributed by atoms with Gasteiger partial charge in [-0.05, 0) is 31.4 Å². The van der Waals surface area contributed by atoms with Gasteiger partial charge in [0.05, 0.1) is 16.8 Å². The molecule has 5 amide bonds. The summed E-state index contributed by atoms with van der Waals surface area (Å²) in [6, 6.07) is 3.44. The predicted octanol–water partition coefficient (Wildman–Crippen LogP) is 1.06. The van der Waals surface area contributed by atoms with Crippen LogP contribution in [0.15, 0.2) is 18.2 Å². The molecule has 1 aromatic rings. The third-order valence-corrected chi connectivity index (χ3v) is 4.91. The quantitative estimate of drug-likeness (QED) is 0.367. The Morgan fingerprint density at radius 1 is 1.21 bits per heavy atom. The molecular formula is C19H20ClN3O6. The van der Waals surface area contributed by atoms with Gasteiger partial charge in [0.25, 0.3) is 11.8 Å². The number of nitrogens with zero attached hydrogens (tertiary/aromatic N) is 1. The van der Waals surface area contributed by atoms with Gasteiger partial charge in [-0.3, -0.25) is 34.2 Å². The minimum Gasteiger partial charge on any atom is -0.372 e. The average molecular weight is 422 g/mol. The summed E-state index contributed by atoms with van der Waals surface area (Å²) in [5.41, 5.74) is 0.295. The number of amides is 5. The van der Waals surface area contributed by atoms with E-state index in [9.17, 15) is 24.0 Å². The maximum atomic E-state index is 12.9. The van der Waals surface area contributed by atoms with E-state index in [0.717, 1.165) is 17.7 Å². The van der Waals surface area contributed by atoms with Crippen LogP contribution in [0.5, 0.6) is 0 Å². The highest BCUT2D eigenvalue weighted by Crippen LogP contribution is 2.32. The van der Waals surface area contributed by atoms with Crippen molar-refractivity contribution < 1.29 is 28.7 Å². The van der Waals surface area contributed by atoms with Gasteiger partial charge in [0, 0.05) is 18.9 Å². The fraction of sp³-hybridized carbons (Fsp3) is 0.421. The van der Waals surface area contributed by atoms with Gasteiger partial charge in [0.2, 0.25) is 17.7 Å². The van der Waals surface area contributed by atoms with Gasteiger partial charge < -0.3 is 10.1 Å². The van der Waals surface area contributed by atoms with Gasteiger partial charge in [-0.25, -0.2) is 0 Å². The van der Waals surface area contributed by atoms with Crippen molar-refractivity contribution in [3.8, 4) is 0 Å². The summed E-state index contributed by atoms with van der Waals surface area (Å²) in [7, 11) is 0. The van der Waals surface area contributed by atoms with Crippen molar-refractivity contribution in [2.45, 2.75) is 31.7 Å². The summed E-state index contributed by atoms with van der Waals surface area (Å²) in [5, 5.41) is 4.72. The molecule has 0 spiro atoms. The molecule has 1 fully saturated rings. The Bertz CT molecular complexity index is 872. The van der Waals surface area contributed by atoms with Crippen LogP contribution >= 0.6 is 11.6 Å². The van der Waals surface area contributed by atoms with Crippen LogP contribution < -0.4 is 10.6 Å². The van der Waals surface area contributed by atoms with E-state index >= 15 is 0 Å². The first-order valence-corrected chi connectivity index (χ1v) is 9.75. The van der Waals surface area contributed by atoms with Gasteiger partial charge >= 0.3 is 0 Å². The van der Waals surface area contributed by atoms with E-state index in [1.165, 1.54) is 18.2 Å². The van der Waals surface area contributed by atoms with Crippen molar-refractivity contribution in [3.63, 3.8) is 0 Å². The van der Waals surface area contributed by atoms with Crippen molar-refractivity contribution in [3.05, 3.63) is 29.3 Å². The molecule has 2 aliphatic rings. The Balaban J connectivity index is 1.72. The van der Waals surface area contributed by atoms with E-state index in [2.05, 4.69) is 10.6 Å². The molecule has 0 radical (unpaired) electrons. The number of imide groups is 2. The number of anilines is 1. The monoisotopic (exact) mass is 421 g/mol. The van der Waals surface area contributed by atoms with Crippen LogP contribution in [-0.4, -0.2) is 59.6 Å². The summed E-state index contributed by atoms with van der Waals surface area (Å²) in [5.74, 6) is -2.39. The second-order valence-corrected chi connectivity index (χ2v) is 7.05. The largest absolute Gasteiger partial charge is 0.372 e. The Labute approximate surface area is 171 Å². The first-order chi connectivity index (χ1) is 13.9. The number of fused-ring (bicyclic) bond motifs is 1. The van der Waals surface area contributed by atoms with Crippen LogP contribution in [0.3, 0.4) is 0 Å². The first-order valence-electron chi connectivity index (χ1n) is 9.22. The zero-order valence-electron chi connectivity index (χ0n) is 15.5. The topological polar surface area (TPSA) is 122 Å². The lowest BCUT2D eigenvalue weighted by Crippen LogP contribution is -2.54. The number of alkyl halides is 1. The SMILES string of the molecule is O=C1CCC(N2C(=O)c3cccc(NC(=O)COCCCCCl)c3C2=O)C(=O)N1. The van der Waals surface area contributed by atoms with Gasteiger partial charge in [-0.15, -0.1) is 11.6 Å². The fourth-order valence-corrected chi connectivity index (χ4v) is 3.46. The molecule has 1 unspecified atom stereocenters. The lowest BCUT2D eigenvalue weighted by Gasteiger charge is -2.27. The Morgan fingerprint density at radius 3 is 2.72 bits per heavy atom. The average Bonchev–Trinajstić information content (AvgIpc) is 2.93. The second-order valence-electron chi connectivity index (χ2n) is 6.67. The second kappa shape index (κ2) is 9.15. The number of unbranched alkanes of at least 4 members (excludes halogenated alkanes) is 1. The molecule has 1 saturated heterocycles. The van der Waals surface area contributed by atoms with E-state index in [1.54, 1.807) is 0 Å². The van der Waals surface area contributed by atoms with E-state index < -0.39 is 35.6 Å². The number of carbonyl (C=O) groups excluding carboxylic acids is 5. The van der Waals surface area contributed by atoms with Crippen LogP contribution in [0, 0.1) is 0 Å². The van der Waals surface area contributed by atoms with Crippen LogP contribution in [-0.2, 0) is 19.1 Å². The Hall–Kier alpha value is -2.78. The van der Waals surface area contributed by atoms with Crippen molar-refractivity contribution in [1.29, 1.82) is 0 Å². The lowest BCUT2D eigenvalue weighted by molar-refractivity contribution is -0.136. The molecule has 1 atom stereocenters. The van der Waals surface area contributed by atoms with Crippen LogP contribution in [0.25, 0.3) is 0 Å². The Kier molecular flexibility index (Phi) is 6.60. The molecule has 0 aliphatic carbocycles. The number of ether oxygens (including phenoxy) is 1. The lowest BCUT2D eigenvalue weighted by atomic mass is 10.0. The number of rotatable bonds is 8. The molecule has 10 heteroatoms. The number of nitrogens with one attached hydrogen (secondary N) is 2. The van der Waals surface area contributed by atoms with E-state index in [-0.39, 0.29) is 36.3 Å². The van der Waals surface area contributed by atoms with Crippen molar-refractivity contribution in [2.24, 2.45) is 0 Å². The van der Waals surface area contributed by atoms with Gasteiger partial charge in [0.1, 0.15) is 12.6 Å². The molecule has 1 aromatic carbocycles. The van der Waals surface area contributed by atoms with E-state index in [1.807, 2.05) is 0 Å². The molecule has 0 aromatic heterocycles. The minimum absolute atomic E-state index is 0.0256. The molecule has 2 N–H and O–H groups in total. The smallest absolute Gasteiger partial charge is 0.264 e. The fourth-order valence-electron chi connectivity index (χ4n) is 3.27. The van der Waals surface area contributed by atoms with Crippen molar-refractivity contribution >= 4 is 46.8 Å². The van der Waals surface area contributed by atoms with Gasteiger partial charge in [-0.1, -0.05) is 6.07 Å². The molecule has 29 heavy (non-hydrogen) atoms. The molecule has 154 valence electrons. The molecule has 0 bridgehead atoms. The minimum atomic E-state index is -1.06. The molecule has 9 nitrogen and oxygen atoms in total. The maximum absolute atomic E-state index is 12.9. The van der Waals surface area contributed by atoms with Crippen molar-refractivity contribution in [2.75, 3.05) is 24.4 Å². The molecule has 2 aliphatic heterocycles. The molecular weight excluding hydrogens is 402 g/mol. The van der Waals surface area contributed by atoms with Crippen LogP contribution in [0.2, 0.25) is 0 Å². The summed E-state index contributed by atoms with van der Waals surface area (Å²) in [4.78, 5) is 62.1. The number of piperidine rings is 1.